The molecule has 25 heavy (non-hydrogen) atoms. The van der Waals surface area contributed by atoms with Gasteiger partial charge in [0.1, 0.15) is 0 Å². The third kappa shape index (κ3) is 4.07. The molecule has 0 aliphatic carbocycles. The van der Waals surface area contributed by atoms with Crippen molar-refractivity contribution < 1.29 is 4.79 Å². The van der Waals surface area contributed by atoms with Crippen molar-refractivity contribution in [2.75, 3.05) is 0 Å². The summed E-state index contributed by atoms with van der Waals surface area (Å²) in [5.74, 6) is -0.203. The Morgan fingerprint density at radius 1 is 1.24 bits per heavy atom. The molecule has 0 N–H and O–H groups in total. The number of fused-ring (bicyclic) bond motifs is 1. The van der Waals surface area contributed by atoms with Crippen molar-refractivity contribution in [3.05, 3.63) is 57.3 Å². The Balaban J connectivity index is 1.99. The van der Waals surface area contributed by atoms with E-state index in [-0.39, 0.29) is 5.91 Å². The number of hydrogen-bond acceptors (Lipinski definition) is 3. The first-order valence-electron chi connectivity index (χ1n) is 8.13. The molecule has 1 aromatic heterocycles. The molecule has 2 aromatic carbocycles. The number of rotatable bonds is 4. The first-order chi connectivity index (χ1) is 12.0. The quantitative estimate of drug-likeness (QED) is 0.491. The molecular weight excluding hydrogens is 416 g/mol. The summed E-state index contributed by atoms with van der Waals surface area (Å²) in [5, 5.41) is 0.520. The summed E-state index contributed by atoms with van der Waals surface area (Å²) in [7, 11) is 0. The Bertz CT molecular complexity index is 971. The van der Waals surface area contributed by atoms with Crippen LogP contribution in [0.4, 0.5) is 0 Å². The van der Waals surface area contributed by atoms with Crippen LogP contribution in [-0.4, -0.2) is 15.7 Å². The van der Waals surface area contributed by atoms with E-state index in [1.54, 1.807) is 11.8 Å². The highest BCUT2D eigenvalue weighted by Gasteiger charge is 2.10. The van der Waals surface area contributed by atoms with Gasteiger partial charge < -0.3 is 4.57 Å². The van der Waals surface area contributed by atoms with Crippen molar-refractivity contribution in [3.63, 3.8) is 0 Å². The Morgan fingerprint density at radius 3 is 2.60 bits per heavy atom. The van der Waals surface area contributed by atoms with Gasteiger partial charge in [0.05, 0.1) is 10.2 Å². The second-order valence-electron chi connectivity index (χ2n) is 5.82. The molecule has 130 valence electrons. The van der Waals surface area contributed by atoms with Gasteiger partial charge in [0, 0.05) is 26.7 Å². The van der Waals surface area contributed by atoms with Crippen molar-refractivity contribution in [3.8, 4) is 0 Å². The molecule has 0 aliphatic rings. The SMILES string of the molecule is CCn1c(=NC(=O)c2ccc(SC(C)C)cc2)sc2cccc(Br)c21. The zero-order chi connectivity index (χ0) is 18.0. The predicted molar refractivity (Wildman–Crippen MR) is 111 cm³/mol. The summed E-state index contributed by atoms with van der Waals surface area (Å²) in [4.78, 5) is 18.9. The maximum atomic E-state index is 12.6. The normalized spacial score (nSPS) is 12.3. The zero-order valence-electron chi connectivity index (χ0n) is 14.3. The summed E-state index contributed by atoms with van der Waals surface area (Å²) in [6, 6.07) is 13.8. The number of thioether (sulfide) groups is 1. The van der Waals surface area contributed by atoms with E-state index in [9.17, 15) is 4.79 Å². The van der Waals surface area contributed by atoms with Gasteiger partial charge in [0.2, 0.25) is 0 Å². The van der Waals surface area contributed by atoms with Crippen LogP contribution in [-0.2, 0) is 6.54 Å². The molecule has 0 spiro atoms. The van der Waals surface area contributed by atoms with E-state index in [0.29, 0.717) is 10.8 Å². The lowest BCUT2D eigenvalue weighted by Crippen LogP contribution is -2.16. The molecule has 6 heteroatoms. The summed E-state index contributed by atoms with van der Waals surface area (Å²) in [5.41, 5.74) is 1.71. The Labute approximate surface area is 163 Å². The van der Waals surface area contributed by atoms with Crippen molar-refractivity contribution in [2.24, 2.45) is 4.99 Å². The van der Waals surface area contributed by atoms with E-state index in [1.165, 1.54) is 16.2 Å². The van der Waals surface area contributed by atoms with E-state index < -0.39 is 0 Å². The number of nitrogens with zero attached hydrogens (tertiary/aromatic N) is 2. The molecule has 0 atom stereocenters. The minimum absolute atomic E-state index is 0.203. The molecule has 0 bridgehead atoms. The van der Waals surface area contributed by atoms with Crippen LogP contribution in [0.1, 0.15) is 31.1 Å². The maximum absolute atomic E-state index is 12.6. The van der Waals surface area contributed by atoms with E-state index in [0.717, 1.165) is 26.0 Å². The minimum Gasteiger partial charge on any atom is -0.316 e. The van der Waals surface area contributed by atoms with Crippen molar-refractivity contribution in [1.29, 1.82) is 0 Å². The lowest BCUT2D eigenvalue weighted by Gasteiger charge is -2.05. The molecule has 0 saturated heterocycles. The number of halogens is 1. The van der Waals surface area contributed by atoms with E-state index in [1.807, 2.05) is 36.4 Å². The smallest absolute Gasteiger partial charge is 0.279 e. The van der Waals surface area contributed by atoms with E-state index in [2.05, 4.69) is 52.3 Å². The molecule has 3 nitrogen and oxygen atoms in total. The number of aryl methyl sites for hydroxylation is 1. The lowest BCUT2D eigenvalue weighted by atomic mass is 10.2. The first kappa shape index (κ1) is 18.4. The molecule has 0 fully saturated rings. The van der Waals surface area contributed by atoms with Gasteiger partial charge in [-0.2, -0.15) is 4.99 Å². The number of amides is 1. The average molecular weight is 435 g/mol. The number of aromatic nitrogens is 1. The molecule has 0 radical (unpaired) electrons. The fourth-order valence-electron chi connectivity index (χ4n) is 2.57. The fourth-order valence-corrected chi connectivity index (χ4v) is 5.23. The summed E-state index contributed by atoms with van der Waals surface area (Å²) in [6.07, 6.45) is 0. The van der Waals surface area contributed by atoms with E-state index in [4.69, 9.17) is 0 Å². The minimum atomic E-state index is -0.203. The molecule has 0 saturated carbocycles. The topological polar surface area (TPSA) is 34.4 Å². The van der Waals surface area contributed by atoms with Crippen molar-refractivity contribution >= 4 is 55.2 Å². The highest BCUT2D eigenvalue weighted by atomic mass is 79.9. The second kappa shape index (κ2) is 7.89. The van der Waals surface area contributed by atoms with Gasteiger partial charge in [-0.05, 0) is 59.3 Å². The molecular formula is C19H19BrN2OS2. The summed E-state index contributed by atoms with van der Waals surface area (Å²) >= 11 is 6.92. The predicted octanol–water partition coefficient (Wildman–Crippen LogP) is 5.73. The van der Waals surface area contributed by atoms with Gasteiger partial charge in [0.15, 0.2) is 4.80 Å². The monoisotopic (exact) mass is 434 g/mol. The second-order valence-corrected chi connectivity index (χ2v) is 9.34. The summed E-state index contributed by atoms with van der Waals surface area (Å²) < 4.78 is 4.21. The van der Waals surface area contributed by atoms with E-state index >= 15 is 0 Å². The third-order valence-corrected chi connectivity index (χ3v) is 6.34. The Hall–Kier alpha value is -1.37. The molecule has 0 unspecified atom stereocenters. The number of thiazole rings is 1. The standard InChI is InChI=1S/C19H19BrN2OS2/c1-4-22-17-15(20)6-5-7-16(17)25-19(22)21-18(23)13-8-10-14(11-9-13)24-12(2)3/h5-12H,4H2,1-3H3. The summed E-state index contributed by atoms with van der Waals surface area (Å²) in [6.45, 7) is 7.13. The highest BCUT2D eigenvalue weighted by molar-refractivity contribution is 9.10. The molecule has 1 heterocycles. The van der Waals surface area contributed by atoms with Gasteiger partial charge >= 0.3 is 0 Å². The molecule has 3 rings (SSSR count). The van der Waals surface area contributed by atoms with Crippen LogP contribution in [0.15, 0.2) is 56.8 Å². The zero-order valence-corrected chi connectivity index (χ0v) is 17.5. The number of carbonyl (C=O) groups is 1. The van der Waals surface area contributed by atoms with Gasteiger partial charge in [-0.3, -0.25) is 4.79 Å². The largest absolute Gasteiger partial charge is 0.316 e. The number of hydrogen-bond donors (Lipinski definition) is 0. The first-order valence-corrected chi connectivity index (χ1v) is 10.6. The Morgan fingerprint density at radius 2 is 1.96 bits per heavy atom. The van der Waals surface area contributed by atoms with Crippen LogP contribution < -0.4 is 4.80 Å². The average Bonchev–Trinajstić information content (AvgIpc) is 2.93. The molecule has 3 aromatic rings. The van der Waals surface area contributed by atoms with Crippen molar-refractivity contribution in [2.45, 2.75) is 37.5 Å². The van der Waals surface area contributed by atoms with Gasteiger partial charge in [-0.1, -0.05) is 31.3 Å². The number of benzene rings is 2. The third-order valence-electron chi connectivity index (χ3n) is 3.64. The van der Waals surface area contributed by atoms with Crippen LogP contribution in [0.3, 0.4) is 0 Å². The lowest BCUT2D eigenvalue weighted by molar-refractivity contribution is 0.0998. The van der Waals surface area contributed by atoms with Crippen LogP contribution in [0.25, 0.3) is 10.2 Å². The number of carbonyl (C=O) groups excluding carboxylic acids is 1. The van der Waals surface area contributed by atoms with Crippen LogP contribution in [0.2, 0.25) is 0 Å². The van der Waals surface area contributed by atoms with Gasteiger partial charge in [0.25, 0.3) is 5.91 Å². The number of para-hydroxylation sites is 1. The van der Waals surface area contributed by atoms with Gasteiger partial charge in [-0.25, -0.2) is 0 Å². The fraction of sp³-hybridized carbons (Fsp3) is 0.263. The van der Waals surface area contributed by atoms with Crippen molar-refractivity contribution in [1.82, 2.24) is 4.57 Å². The Kier molecular flexibility index (Phi) is 5.81. The highest BCUT2D eigenvalue weighted by Crippen LogP contribution is 2.26. The molecule has 0 aliphatic heterocycles. The maximum Gasteiger partial charge on any atom is 0.279 e. The van der Waals surface area contributed by atoms with Crippen LogP contribution in [0, 0.1) is 0 Å². The van der Waals surface area contributed by atoms with Gasteiger partial charge in [-0.15, -0.1) is 11.8 Å². The molecule has 1 amide bonds. The van der Waals surface area contributed by atoms with Crippen LogP contribution >= 0.6 is 39.0 Å². The van der Waals surface area contributed by atoms with Crippen LogP contribution in [0.5, 0.6) is 0 Å².